The van der Waals surface area contributed by atoms with Gasteiger partial charge in [0.15, 0.2) is 0 Å². The second kappa shape index (κ2) is 5.81. The monoisotopic (exact) mass is 219 g/mol. The van der Waals surface area contributed by atoms with E-state index in [9.17, 15) is 4.79 Å². The summed E-state index contributed by atoms with van der Waals surface area (Å²) in [4.78, 5) is 13.5. The number of hydrogen-bond acceptors (Lipinski definition) is 3. The van der Waals surface area contributed by atoms with Gasteiger partial charge in [-0.2, -0.15) is 23.5 Å². The molecule has 0 aliphatic carbocycles. The lowest BCUT2D eigenvalue weighted by molar-refractivity contribution is -0.129. The Morgan fingerprint density at radius 2 is 2.00 bits per heavy atom. The van der Waals surface area contributed by atoms with Gasteiger partial charge >= 0.3 is 0 Å². The Hall–Kier alpha value is 0.170. The van der Waals surface area contributed by atoms with Gasteiger partial charge in [0.05, 0.1) is 5.75 Å². The van der Waals surface area contributed by atoms with E-state index < -0.39 is 0 Å². The predicted molar refractivity (Wildman–Crippen MR) is 61.5 cm³/mol. The second-order valence-electron chi connectivity index (χ2n) is 3.25. The predicted octanol–water partition coefficient (Wildman–Crippen LogP) is 1.70. The van der Waals surface area contributed by atoms with Gasteiger partial charge in [-0.1, -0.05) is 0 Å². The standard InChI is InChI=1S/C9H17NOS2/c1-12-7-9(11)10-5-3-8(13-2)4-6-10/h8H,3-7H2,1-2H3. The van der Waals surface area contributed by atoms with E-state index in [4.69, 9.17) is 0 Å². The summed E-state index contributed by atoms with van der Waals surface area (Å²) in [7, 11) is 0. The molecule has 0 atom stereocenters. The molecule has 0 spiro atoms. The van der Waals surface area contributed by atoms with Crippen molar-refractivity contribution in [1.82, 2.24) is 4.90 Å². The Bertz CT molecular complexity index is 167. The van der Waals surface area contributed by atoms with Crippen LogP contribution < -0.4 is 0 Å². The summed E-state index contributed by atoms with van der Waals surface area (Å²) >= 11 is 3.54. The van der Waals surface area contributed by atoms with Crippen LogP contribution in [0.15, 0.2) is 0 Å². The molecule has 1 saturated heterocycles. The van der Waals surface area contributed by atoms with Gasteiger partial charge in [0.25, 0.3) is 0 Å². The highest BCUT2D eigenvalue weighted by molar-refractivity contribution is 7.99. The summed E-state index contributed by atoms with van der Waals surface area (Å²) in [5.41, 5.74) is 0. The van der Waals surface area contributed by atoms with Gasteiger partial charge in [-0.3, -0.25) is 4.79 Å². The van der Waals surface area contributed by atoms with Crippen molar-refractivity contribution in [3.05, 3.63) is 0 Å². The molecule has 0 saturated carbocycles. The third-order valence-electron chi connectivity index (χ3n) is 2.40. The van der Waals surface area contributed by atoms with Gasteiger partial charge in [0.2, 0.25) is 5.91 Å². The number of thioether (sulfide) groups is 2. The van der Waals surface area contributed by atoms with Gasteiger partial charge in [0.1, 0.15) is 0 Å². The molecule has 13 heavy (non-hydrogen) atoms. The van der Waals surface area contributed by atoms with Crippen molar-refractivity contribution in [2.75, 3.05) is 31.4 Å². The third kappa shape index (κ3) is 3.43. The minimum Gasteiger partial charge on any atom is -0.342 e. The molecule has 1 aliphatic heterocycles. The van der Waals surface area contributed by atoms with Crippen LogP contribution in [0.4, 0.5) is 0 Å². The van der Waals surface area contributed by atoms with Crippen molar-refractivity contribution in [2.24, 2.45) is 0 Å². The fraction of sp³-hybridized carbons (Fsp3) is 0.889. The van der Waals surface area contributed by atoms with Gasteiger partial charge in [-0.05, 0) is 25.4 Å². The molecule has 0 aromatic heterocycles. The topological polar surface area (TPSA) is 20.3 Å². The SMILES string of the molecule is CSCC(=O)N1CCC(SC)CC1. The Morgan fingerprint density at radius 1 is 1.38 bits per heavy atom. The molecular formula is C9H17NOS2. The summed E-state index contributed by atoms with van der Waals surface area (Å²) in [5.74, 6) is 0.955. The van der Waals surface area contributed by atoms with Crippen LogP contribution in [0.1, 0.15) is 12.8 Å². The number of piperidine rings is 1. The van der Waals surface area contributed by atoms with E-state index in [0.717, 1.165) is 18.3 Å². The van der Waals surface area contributed by atoms with E-state index in [1.54, 1.807) is 11.8 Å². The average molecular weight is 219 g/mol. The number of nitrogens with zero attached hydrogens (tertiary/aromatic N) is 1. The average Bonchev–Trinajstić information content (AvgIpc) is 2.18. The molecule has 0 aromatic rings. The maximum atomic E-state index is 11.5. The quantitative estimate of drug-likeness (QED) is 0.720. The molecular weight excluding hydrogens is 202 g/mol. The number of carbonyl (C=O) groups is 1. The number of hydrogen-bond donors (Lipinski definition) is 0. The number of amides is 1. The first-order valence-electron chi connectivity index (χ1n) is 4.57. The van der Waals surface area contributed by atoms with Crippen molar-refractivity contribution < 1.29 is 4.79 Å². The number of likely N-dealkylation sites (tertiary alicyclic amines) is 1. The first kappa shape index (κ1) is 11.2. The van der Waals surface area contributed by atoms with Crippen LogP contribution in [-0.4, -0.2) is 47.4 Å². The first-order chi connectivity index (χ1) is 6.27. The first-order valence-corrected chi connectivity index (χ1v) is 7.25. The van der Waals surface area contributed by atoms with Gasteiger partial charge in [0, 0.05) is 18.3 Å². The van der Waals surface area contributed by atoms with Crippen molar-refractivity contribution >= 4 is 29.4 Å². The summed E-state index contributed by atoms with van der Waals surface area (Å²) in [6.07, 6.45) is 6.47. The van der Waals surface area contributed by atoms with Crippen LogP contribution in [0.2, 0.25) is 0 Å². The third-order valence-corrected chi connectivity index (χ3v) is 4.07. The lowest BCUT2D eigenvalue weighted by Crippen LogP contribution is -2.40. The van der Waals surface area contributed by atoms with Crippen LogP contribution in [0.25, 0.3) is 0 Å². The highest BCUT2D eigenvalue weighted by Gasteiger charge is 2.21. The molecule has 1 rings (SSSR count). The highest BCUT2D eigenvalue weighted by Crippen LogP contribution is 2.21. The van der Waals surface area contributed by atoms with Gasteiger partial charge in [-0.15, -0.1) is 0 Å². The highest BCUT2D eigenvalue weighted by atomic mass is 32.2. The molecule has 0 aromatic carbocycles. The van der Waals surface area contributed by atoms with Crippen LogP contribution in [0, 0.1) is 0 Å². The molecule has 0 radical (unpaired) electrons. The van der Waals surface area contributed by atoms with Gasteiger partial charge < -0.3 is 4.90 Å². The van der Waals surface area contributed by atoms with Crippen LogP contribution in [-0.2, 0) is 4.79 Å². The molecule has 2 nitrogen and oxygen atoms in total. The summed E-state index contributed by atoms with van der Waals surface area (Å²) in [5, 5.41) is 0.776. The van der Waals surface area contributed by atoms with Crippen molar-refractivity contribution in [3.63, 3.8) is 0 Å². The van der Waals surface area contributed by atoms with E-state index in [-0.39, 0.29) is 0 Å². The zero-order valence-corrected chi connectivity index (χ0v) is 9.92. The van der Waals surface area contributed by atoms with Crippen LogP contribution in [0.3, 0.4) is 0 Å². The van der Waals surface area contributed by atoms with E-state index in [0.29, 0.717) is 11.7 Å². The molecule has 1 aliphatic rings. The van der Waals surface area contributed by atoms with Crippen molar-refractivity contribution in [1.29, 1.82) is 0 Å². The molecule has 4 heteroatoms. The molecule has 0 unspecified atom stereocenters. The molecule has 1 fully saturated rings. The van der Waals surface area contributed by atoms with E-state index >= 15 is 0 Å². The minimum absolute atomic E-state index is 0.312. The van der Waals surface area contributed by atoms with Gasteiger partial charge in [-0.25, -0.2) is 0 Å². The molecule has 0 bridgehead atoms. The van der Waals surface area contributed by atoms with Crippen molar-refractivity contribution in [3.8, 4) is 0 Å². The lowest BCUT2D eigenvalue weighted by atomic mass is 10.1. The van der Waals surface area contributed by atoms with Crippen molar-refractivity contribution in [2.45, 2.75) is 18.1 Å². The van der Waals surface area contributed by atoms with Crippen LogP contribution >= 0.6 is 23.5 Å². The van der Waals surface area contributed by atoms with E-state index in [1.165, 1.54) is 12.8 Å². The summed E-state index contributed by atoms with van der Waals surface area (Å²) in [6, 6.07) is 0. The normalized spacial score (nSPS) is 19.1. The largest absolute Gasteiger partial charge is 0.342 e. The zero-order chi connectivity index (χ0) is 9.68. The Balaban J connectivity index is 2.28. The molecule has 0 N–H and O–H groups in total. The number of rotatable bonds is 3. The fourth-order valence-corrected chi connectivity index (χ4v) is 2.67. The zero-order valence-electron chi connectivity index (χ0n) is 8.28. The Kier molecular flexibility index (Phi) is 5.02. The van der Waals surface area contributed by atoms with E-state index in [1.807, 2.05) is 22.9 Å². The summed E-state index contributed by atoms with van der Waals surface area (Å²) in [6.45, 7) is 1.93. The maximum absolute atomic E-state index is 11.5. The molecule has 1 amide bonds. The Morgan fingerprint density at radius 3 is 2.46 bits per heavy atom. The molecule has 1 heterocycles. The minimum atomic E-state index is 0.312. The smallest absolute Gasteiger partial charge is 0.232 e. The number of carbonyl (C=O) groups excluding carboxylic acids is 1. The second-order valence-corrected chi connectivity index (χ2v) is 5.25. The fourth-order valence-electron chi connectivity index (χ4n) is 1.56. The summed E-state index contributed by atoms with van der Waals surface area (Å²) < 4.78 is 0. The van der Waals surface area contributed by atoms with Crippen LogP contribution in [0.5, 0.6) is 0 Å². The van der Waals surface area contributed by atoms with E-state index in [2.05, 4.69) is 6.26 Å². The lowest BCUT2D eigenvalue weighted by Gasteiger charge is -2.31. The molecule has 76 valence electrons. The Labute approximate surface area is 88.8 Å². The maximum Gasteiger partial charge on any atom is 0.232 e.